The number of aromatic nitrogens is 2. The zero-order valence-electron chi connectivity index (χ0n) is 14.9. The van der Waals surface area contributed by atoms with Crippen molar-refractivity contribution in [3.8, 4) is 0 Å². The predicted octanol–water partition coefficient (Wildman–Crippen LogP) is 2.36. The van der Waals surface area contributed by atoms with Gasteiger partial charge in [0.1, 0.15) is 5.82 Å². The lowest BCUT2D eigenvalue weighted by Crippen LogP contribution is -2.34. The van der Waals surface area contributed by atoms with Gasteiger partial charge in [-0.2, -0.15) is 5.10 Å². The number of hydrogen-bond donors (Lipinski definition) is 1. The van der Waals surface area contributed by atoms with Crippen molar-refractivity contribution in [2.24, 2.45) is 11.8 Å². The Hall–Kier alpha value is -2.18. The molecule has 25 heavy (non-hydrogen) atoms. The van der Waals surface area contributed by atoms with Crippen LogP contribution < -0.4 is 5.32 Å². The largest absolute Gasteiger partial charge is 0.311 e. The number of amides is 3. The molecule has 1 N–H and O–H groups in total. The second-order valence-corrected chi connectivity index (χ2v) is 7.04. The number of imide groups is 1. The van der Waals surface area contributed by atoms with Crippen molar-refractivity contribution in [3.63, 3.8) is 0 Å². The number of hydrogen-bond acceptors (Lipinski definition) is 4. The summed E-state index contributed by atoms with van der Waals surface area (Å²) in [7, 11) is 0. The van der Waals surface area contributed by atoms with Crippen LogP contribution in [0.3, 0.4) is 0 Å². The molecule has 1 aromatic rings. The molecule has 7 nitrogen and oxygen atoms in total. The molecular weight excluding hydrogens is 320 g/mol. The van der Waals surface area contributed by atoms with Gasteiger partial charge in [-0.15, -0.1) is 0 Å². The molecule has 3 unspecified atom stereocenters. The number of fused-ring (bicyclic) bond motifs is 1. The van der Waals surface area contributed by atoms with Gasteiger partial charge in [-0.25, -0.2) is 4.68 Å². The molecule has 1 aliphatic heterocycles. The van der Waals surface area contributed by atoms with Gasteiger partial charge >= 0.3 is 0 Å². The Morgan fingerprint density at radius 3 is 2.52 bits per heavy atom. The molecule has 2 aliphatic rings. The Balaban J connectivity index is 1.57. The lowest BCUT2D eigenvalue weighted by molar-refractivity contribution is -0.140. The van der Waals surface area contributed by atoms with Crippen LogP contribution in [0.5, 0.6) is 0 Å². The topological polar surface area (TPSA) is 84.3 Å². The van der Waals surface area contributed by atoms with E-state index in [0.717, 1.165) is 32.1 Å². The lowest BCUT2D eigenvalue weighted by Gasteiger charge is -2.19. The molecule has 0 aromatic carbocycles. The van der Waals surface area contributed by atoms with Crippen LogP contribution >= 0.6 is 0 Å². The molecule has 1 aliphatic carbocycles. The minimum absolute atomic E-state index is 0.0906. The van der Waals surface area contributed by atoms with Crippen molar-refractivity contribution in [2.45, 2.75) is 58.4 Å². The summed E-state index contributed by atoms with van der Waals surface area (Å²) >= 11 is 0. The summed E-state index contributed by atoms with van der Waals surface area (Å²) in [6.45, 7) is 4.25. The molecule has 2 fully saturated rings. The highest BCUT2D eigenvalue weighted by Crippen LogP contribution is 2.37. The SMILES string of the molecule is CCC(C)n1nccc1NC(=O)CCN1C(=O)C2CCCCC2C1=O. The van der Waals surface area contributed by atoms with E-state index in [9.17, 15) is 14.4 Å². The molecule has 3 rings (SSSR count). The molecule has 7 heteroatoms. The summed E-state index contributed by atoms with van der Waals surface area (Å²) < 4.78 is 1.78. The number of carbonyl (C=O) groups excluding carboxylic acids is 3. The summed E-state index contributed by atoms with van der Waals surface area (Å²) in [5, 5.41) is 7.07. The Kier molecular flexibility index (Phi) is 5.20. The van der Waals surface area contributed by atoms with Gasteiger partial charge in [0.2, 0.25) is 17.7 Å². The van der Waals surface area contributed by atoms with Crippen molar-refractivity contribution in [1.29, 1.82) is 0 Å². The molecule has 136 valence electrons. The van der Waals surface area contributed by atoms with E-state index in [0.29, 0.717) is 5.82 Å². The average Bonchev–Trinajstić information content (AvgIpc) is 3.17. The molecular formula is C18H26N4O3. The van der Waals surface area contributed by atoms with Crippen molar-refractivity contribution in [3.05, 3.63) is 12.3 Å². The molecule has 1 saturated carbocycles. The lowest BCUT2D eigenvalue weighted by atomic mass is 9.81. The molecule has 1 aromatic heterocycles. The van der Waals surface area contributed by atoms with E-state index >= 15 is 0 Å². The first-order valence-electron chi connectivity index (χ1n) is 9.21. The highest BCUT2D eigenvalue weighted by atomic mass is 16.2. The monoisotopic (exact) mass is 346 g/mol. The van der Waals surface area contributed by atoms with Gasteiger partial charge in [-0.3, -0.25) is 19.3 Å². The number of nitrogens with zero attached hydrogens (tertiary/aromatic N) is 3. The van der Waals surface area contributed by atoms with Crippen LogP contribution in [0.25, 0.3) is 0 Å². The first-order chi connectivity index (χ1) is 12.0. The minimum atomic E-state index is -0.208. The van der Waals surface area contributed by atoms with E-state index in [4.69, 9.17) is 0 Å². The van der Waals surface area contributed by atoms with Crippen molar-refractivity contribution < 1.29 is 14.4 Å². The first-order valence-corrected chi connectivity index (χ1v) is 9.21. The third kappa shape index (κ3) is 3.45. The summed E-state index contributed by atoms with van der Waals surface area (Å²) in [6.07, 6.45) is 6.28. The molecule has 1 saturated heterocycles. The van der Waals surface area contributed by atoms with Gasteiger partial charge in [0.15, 0.2) is 0 Å². The van der Waals surface area contributed by atoms with E-state index < -0.39 is 0 Å². The number of rotatable bonds is 6. The fraction of sp³-hybridized carbons (Fsp3) is 0.667. The van der Waals surface area contributed by atoms with Crippen molar-refractivity contribution in [2.75, 3.05) is 11.9 Å². The van der Waals surface area contributed by atoms with E-state index in [1.54, 1.807) is 16.9 Å². The average molecular weight is 346 g/mol. The molecule has 3 atom stereocenters. The Morgan fingerprint density at radius 2 is 1.92 bits per heavy atom. The maximum Gasteiger partial charge on any atom is 0.233 e. The first kappa shape index (κ1) is 17.6. The molecule has 3 amide bonds. The number of nitrogens with one attached hydrogen (secondary N) is 1. The number of anilines is 1. The fourth-order valence-corrected chi connectivity index (χ4v) is 3.81. The molecule has 0 spiro atoms. The van der Waals surface area contributed by atoms with Crippen LogP contribution in [0.15, 0.2) is 12.3 Å². The van der Waals surface area contributed by atoms with E-state index in [1.807, 2.05) is 6.92 Å². The Morgan fingerprint density at radius 1 is 1.28 bits per heavy atom. The smallest absolute Gasteiger partial charge is 0.233 e. The van der Waals surface area contributed by atoms with Crippen LogP contribution in [0.2, 0.25) is 0 Å². The maximum absolute atomic E-state index is 12.4. The number of carbonyl (C=O) groups is 3. The van der Waals surface area contributed by atoms with E-state index in [2.05, 4.69) is 17.3 Å². The standard InChI is InChI=1S/C18H26N4O3/c1-3-12(2)22-15(8-10-19-22)20-16(23)9-11-21-17(24)13-6-4-5-7-14(13)18(21)25/h8,10,12-14H,3-7,9,11H2,1-2H3,(H,20,23). The van der Waals surface area contributed by atoms with Crippen LogP contribution in [-0.2, 0) is 14.4 Å². The quantitative estimate of drug-likeness (QED) is 0.802. The summed E-state index contributed by atoms with van der Waals surface area (Å²) in [4.78, 5) is 38.4. The second-order valence-electron chi connectivity index (χ2n) is 7.04. The van der Waals surface area contributed by atoms with Crippen LogP contribution in [0.4, 0.5) is 5.82 Å². The van der Waals surface area contributed by atoms with E-state index in [-0.39, 0.29) is 48.6 Å². The second kappa shape index (κ2) is 7.37. The normalized spacial score (nSPS) is 24.3. The summed E-state index contributed by atoms with van der Waals surface area (Å²) in [5.41, 5.74) is 0. The van der Waals surface area contributed by atoms with Gasteiger partial charge in [0.05, 0.1) is 24.1 Å². The van der Waals surface area contributed by atoms with Crippen LogP contribution in [0, 0.1) is 11.8 Å². The van der Waals surface area contributed by atoms with Gasteiger partial charge in [-0.05, 0) is 26.2 Å². The van der Waals surface area contributed by atoms with Gasteiger partial charge in [-0.1, -0.05) is 19.8 Å². The molecule has 2 heterocycles. The number of likely N-dealkylation sites (tertiary alicyclic amines) is 1. The molecule has 0 radical (unpaired) electrons. The summed E-state index contributed by atoms with van der Waals surface area (Å²) in [5.74, 6) is -0.0563. The Labute approximate surface area is 147 Å². The Bertz CT molecular complexity index is 645. The fourth-order valence-electron chi connectivity index (χ4n) is 3.81. The van der Waals surface area contributed by atoms with Gasteiger partial charge < -0.3 is 5.32 Å². The zero-order valence-corrected chi connectivity index (χ0v) is 14.9. The van der Waals surface area contributed by atoms with Gasteiger partial charge in [0, 0.05) is 19.0 Å². The van der Waals surface area contributed by atoms with E-state index in [1.165, 1.54) is 4.90 Å². The van der Waals surface area contributed by atoms with Crippen molar-refractivity contribution in [1.82, 2.24) is 14.7 Å². The van der Waals surface area contributed by atoms with Crippen LogP contribution in [-0.4, -0.2) is 38.9 Å². The zero-order chi connectivity index (χ0) is 18.0. The molecule has 0 bridgehead atoms. The maximum atomic E-state index is 12.4. The third-order valence-electron chi connectivity index (χ3n) is 5.44. The third-order valence-corrected chi connectivity index (χ3v) is 5.44. The van der Waals surface area contributed by atoms with Crippen LogP contribution in [0.1, 0.15) is 58.4 Å². The predicted molar refractivity (Wildman–Crippen MR) is 92.6 cm³/mol. The van der Waals surface area contributed by atoms with Crippen molar-refractivity contribution >= 4 is 23.5 Å². The minimum Gasteiger partial charge on any atom is -0.311 e. The highest BCUT2D eigenvalue weighted by molar-refractivity contribution is 6.05. The summed E-state index contributed by atoms with van der Waals surface area (Å²) in [6, 6.07) is 1.94. The highest BCUT2D eigenvalue weighted by Gasteiger charge is 2.47. The van der Waals surface area contributed by atoms with Gasteiger partial charge in [0.25, 0.3) is 0 Å².